The second kappa shape index (κ2) is 4.42. The molecule has 0 aliphatic heterocycles. The van der Waals surface area contributed by atoms with Crippen LogP contribution in [0.15, 0.2) is 23.0 Å². The first-order chi connectivity index (χ1) is 6.52. The minimum atomic E-state index is -0.464. The summed E-state index contributed by atoms with van der Waals surface area (Å²) < 4.78 is 1.60. The minimum Gasteiger partial charge on any atom is -0.391 e. The van der Waals surface area contributed by atoms with Crippen molar-refractivity contribution in [3.05, 3.63) is 34.2 Å². The molecule has 1 aromatic heterocycles. The number of hydrogen-bond acceptors (Lipinski definition) is 2. The zero-order chi connectivity index (χ0) is 10.7. The van der Waals surface area contributed by atoms with Gasteiger partial charge in [0.2, 0.25) is 0 Å². The van der Waals surface area contributed by atoms with E-state index in [4.69, 9.17) is 0 Å². The van der Waals surface area contributed by atoms with Crippen molar-refractivity contribution in [3.63, 3.8) is 0 Å². The number of hydrogen-bond donors (Lipinski definition) is 1. The molecule has 0 aliphatic rings. The zero-order valence-electron chi connectivity index (χ0n) is 8.90. The number of aryl methyl sites for hydroxylation is 1. The lowest BCUT2D eigenvalue weighted by atomic mass is 10.1. The van der Waals surface area contributed by atoms with Crippen LogP contribution in [0.1, 0.15) is 19.5 Å². The van der Waals surface area contributed by atoms with Gasteiger partial charge in [0.15, 0.2) is 0 Å². The number of aliphatic hydroxyl groups is 1. The molecule has 1 atom stereocenters. The van der Waals surface area contributed by atoms with Gasteiger partial charge in [-0.25, -0.2) is 0 Å². The molecule has 3 nitrogen and oxygen atoms in total. The highest BCUT2D eigenvalue weighted by Gasteiger charge is 2.11. The zero-order valence-corrected chi connectivity index (χ0v) is 8.90. The molecule has 1 N–H and O–H groups in total. The highest BCUT2D eigenvalue weighted by Crippen LogP contribution is 2.04. The molecular weight excluding hydrogens is 178 g/mol. The molecule has 0 fully saturated rings. The summed E-state index contributed by atoms with van der Waals surface area (Å²) >= 11 is 0. The molecule has 0 radical (unpaired) electrons. The van der Waals surface area contributed by atoms with Gasteiger partial charge in [-0.05, 0) is 18.9 Å². The van der Waals surface area contributed by atoms with E-state index in [1.807, 2.05) is 26.8 Å². The number of rotatable bonds is 3. The van der Waals surface area contributed by atoms with Gasteiger partial charge in [0, 0.05) is 11.8 Å². The van der Waals surface area contributed by atoms with Gasteiger partial charge in [0.05, 0.1) is 12.6 Å². The Morgan fingerprint density at radius 2 is 2.07 bits per heavy atom. The molecular formula is C11H17NO2. The molecule has 1 aromatic rings. The molecule has 3 heteroatoms. The van der Waals surface area contributed by atoms with Crippen LogP contribution in [0.4, 0.5) is 0 Å². The summed E-state index contributed by atoms with van der Waals surface area (Å²) in [5.41, 5.74) is 0.835. The second-order valence-corrected chi connectivity index (χ2v) is 3.93. The monoisotopic (exact) mass is 195 g/mol. The van der Waals surface area contributed by atoms with Gasteiger partial charge >= 0.3 is 0 Å². The van der Waals surface area contributed by atoms with Crippen molar-refractivity contribution in [2.75, 3.05) is 0 Å². The van der Waals surface area contributed by atoms with E-state index in [0.29, 0.717) is 6.54 Å². The highest BCUT2D eigenvalue weighted by atomic mass is 16.3. The first-order valence-electron chi connectivity index (χ1n) is 4.87. The summed E-state index contributed by atoms with van der Waals surface area (Å²) in [4.78, 5) is 11.4. The Morgan fingerprint density at radius 3 is 2.57 bits per heavy atom. The summed E-state index contributed by atoms with van der Waals surface area (Å²) in [6, 6.07) is 5.12. The second-order valence-electron chi connectivity index (χ2n) is 3.93. The van der Waals surface area contributed by atoms with Crippen LogP contribution in [0.2, 0.25) is 0 Å². The lowest BCUT2D eigenvalue weighted by Crippen LogP contribution is -2.30. The van der Waals surface area contributed by atoms with E-state index >= 15 is 0 Å². The third kappa shape index (κ3) is 2.45. The Bertz CT molecular complexity index is 355. The first-order valence-corrected chi connectivity index (χ1v) is 4.87. The lowest BCUT2D eigenvalue weighted by Gasteiger charge is -2.17. The summed E-state index contributed by atoms with van der Waals surface area (Å²) in [5.74, 6) is 0.168. The molecule has 1 rings (SSSR count). The van der Waals surface area contributed by atoms with E-state index in [0.717, 1.165) is 5.69 Å². The van der Waals surface area contributed by atoms with Crippen LogP contribution in [-0.4, -0.2) is 15.8 Å². The smallest absolute Gasteiger partial charge is 0.250 e. The molecule has 0 amide bonds. The van der Waals surface area contributed by atoms with Crippen LogP contribution in [0.5, 0.6) is 0 Å². The fraction of sp³-hybridized carbons (Fsp3) is 0.545. The van der Waals surface area contributed by atoms with Crippen LogP contribution in [-0.2, 0) is 6.54 Å². The number of pyridine rings is 1. The maximum absolute atomic E-state index is 11.4. The molecule has 0 aliphatic carbocycles. The molecule has 0 spiro atoms. The maximum atomic E-state index is 11.4. The number of nitrogens with zero attached hydrogens (tertiary/aromatic N) is 1. The first kappa shape index (κ1) is 11.0. The van der Waals surface area contributed by atoms with Gasteiger partial charge in [-0.1, -0.05) is 19.9 Å². The molecule has 1 unspecified atom stereocenters. The van der Waals surface area contributed by atoms with Crippen molar-refractivity contribution in [1.82, 2.24) is 4.57 Å². The van der Waals surface area contributed by atoms with Crippen LogP contribution in [0, 0.1) is 12.8 Å². The molecule has 0 saturated carbocycles. The average Bonchev–Trinajstić information content (AvgIpc) is 2.11. The van der Waals surface area contributed by atoms with E-state index in [2.05, 4.69) is 0 Å². The number of aromatic nitrogens is 1. The standard InChI is InChI=1S/C11H17NO2/c1-8(2)10(13)7-12-9(3)5-4-6-11(12)14/h4-6,8,10,13H,7H2,1-3H3. The Hall–Kier alpha value is -1.09. The van der Waals surface area contributed by atoms with Gasteiger partial charge in [-0.3, -0.25) is 4.79 Å². The van der Waals surface area contributed by atoms with E-state index in [9.17, 15) is 9.90 Å². The predicted molar refractivity (Wildman–Crippen MR) is 56.3 cm³/mol. The Balaban J connectivity index is 2.91. The minimum absolute atomic E-state index is 0.0512. The van der Waals surface area contributed by atoms with Crippen molar-refractivity contribution in [2.45, 2.75) is 33.4 Å². The molecule has 14 heavy (non-hydrogen) atoms. The van der Waals surface area contributed by atoms with E-state index in [1.54, 1.807) is 10.6 Å². The van der Waals surface area contributed by atoms with E-state index < -0.39 is 6.10 Å². The van der Waals surface area contributed by atoms with Crippen LogP contribution < -0.4 is 5.56 Å². The fourth-order valence-corrected chi connectivity index (χ4v) is 1.26. The topological polar surface area (TPSA) is 42.2 Å². The Labute approximate surface area is 84.0 Å². The summed E-state index contributed by atoms with van der Waals surface area (Å²) in [6.07, 6.45) is -0.464. The maximum Gasteiger partial charge on any atom is 0.250 e. The fourth-order valence-electron chi connectivity index (χ4n) is 1.26. The van der Waals surface area contributed by atoms with E-state index in [-0.39, 0.29) is 11.5 Å². The molecule has 78 valence electrons. The van der Waals surface area contributed by atoms with Crippen molar-refractivity contribution in [2.24, 2.45) is 5.92 Å². The van der Waals surface area contributed by atoms with Crippen molar-refractivity contribution < 1.29 is 5.11 Å². The predicted octanol–water partition coefficient (Wildman–Crippen LogP) is 1.17. The Morgan fingerprint density at radius 1 is 1.43 bits per heavy atom. The largest absolute Gasteiger partial charge is 0.391 e. The Kier molecular flexibility index (Phi) is 3.47. The van der Waals surface area contributed by atoms with E-state index in [1.165, 1.54) is 6.07 Å². The van der Waals surface area contributed by atoms with Crippen LogP contribution >= 0.6 is 0 Å². The SMILES string of the molecule is Cc1cccc(=O)n1CC(O)C(C)C. The van der Waals surface area contributed by atoms with Gasteiger partial charge in [-0.15, -0.1) is 0 Å². The molecule has 0 bridgehead atoms. The average molecular weight is 195 g/mol. The van der Waals surface area contributed by atoms with Gasteiger partial charge in [-0.2, -0.15) is 0 Å². The third-order valence-corrected chi connectivity index (χ3v) is 2.41. The molecule has 0 saturated heterocycles. The summed E-state index contributed by atoms with van der Waals surface area (Å²) in [5, 5.41) is 9.67. The summed E-state index contributed by atoms with van der Waals surface area (Å²) in [7, 11) is 0. The van der Waals surface area contributed by atoms with Gasteiger partial charge in [0.1, 0.15) is 0 Å². The molecule has 1 heterocycles. The molecule has 0 aromatic carbocycles. The quantitative estimate of drug-likeness (QED) is 0.786. The normalized spacial score (nSPS) is 13.2. The summed E-state index contributed by atoms with van der Waals surface area (Å²) in [6.45, 7) is 6.12. The highest BCUT2D eigenvalue weighted by molar-refractivity contribution is 5.04. The third-order valence-electron chi connectivity index (χ3n) is 2.41. The van der Waals surface area contributed by atoms with Crippen LogP contribution in [0.25, 0.3) is 0 Å². The lowest BCUT2D eigenvalue weighted by molar-refractivity contribution is 0.105. The van der Waals surface area contributed by atoms with Gasteiger partial charge in [0.25, 0.3) is 5.56 Å². The van der Waals surface area contributed by atoms with Crippen LogP contribution in [0.3, 0.4) is 0 Å². The van der Waals surface area contributed by atoms with Gasteiger partial charge < -0.3 is 9.67 Å². The van der Waals surface area contributed by atoms with Crippen molar-refractivity contribution in [1.29, 1.82) is 0 Å². The van der Waals surface area contributed by atoms with Crippen molar-refractivity contribution >= 4 is 0 Å². The number of aliphatic hydroxyl groups excluding tert-OH is 1. The van der Waals surface area contributed by atoms with Crippen molar-refractivity contribution in [3.8, 4) is 0 Å².